The molecule has 4 rings (SSSR count). The van der Waals surface area contributed by atoms with Crippen LogP contribution >= 0.6 is 0 Å². The molecule has 1 atom stereocenters. The Bertz CT molecular complexity index is 880. The van der Waals surface area contributed by atoms with Crippen LogP contribution in [0.3, 0.4) is 0 Å². The molecular formula is C18H15F4NO4. The number of halogens is 4. The molecule has 1 spiro atoms. The average molecular weight is 385 g/mol. The number of hydrogen-bond donors (Lipinski definition) is 2. The first-order valence-corrected chi connectivity index (χ1v) is 8.13. The first-order chi connectivity index (χ1) is 12.7. The molecule has 0 unspecified atom stereocenters. The fraction of sp³-hybridized carbons (Fsp3) is 0.389. The van der Waals surface area contributed by atoms with Crippen molar-refractivity contribution in [1.29, 1.82) is 0 Å². The maximum Gasteiger partial charge on any atom is 0.425 e. The summed E-state index contributed by atoms with van der Waals surface area (Å²) in [5.41, 5.74) is -4.10. The van der Waals surface area contributed by atoms with Gasteiger partial charge in [0.15, 0.2) is 0 Å². The highest BCUT2D eigenvalue weighted by Gasteiger charge is 2.57. The summed E-state index contributed by atoms with van der Waals surface area (Å²) < 4.78 is 64.5. The Labute approximate surface area is 151 Å². The number of alkyl halides is 3. The Kier molecular flexibility index (Phi) is 3.95. The van der Waals surface area contributed by atoms with Crippen molar-refractivity contribution >= 4 is 0 Å². The molecular weight excluding hydrogens is 370 g/mol. The third-order valence-corrected chi connectivity index (χ3v) is 5.03. The van der Waals surface area contributed by atoms with Crippen LogP contribution in [0.25, 0.3) is 11.3 Å². The van der Waals surface area contributed by atoms with Crippen LogP contribution < -0.4 is 4.74 Å². The topological polar surface area (TPSA) is 71.8 Å². The van der Waals surface area contributed by atoms with Gasteiger partial charge in [-0.3, -0.25) is 0 Å². The molecule has 0 amide bonds. The van der Waals surface area contributed by atoms with E-state index in [4.69, 9.17) is 9.47 Å². The van der Waals surface area contributed by atoms with E-state index in [1.807, 2.05) is 0 Å². The van der Waals surface area contributed by atoms with Gasteiger partial charge in [0.1, 0.15) is 23.9 Å². The zero-order valence-electron chi connectivity index (χ0n) is 13.9. The van der Waals surface area contributed by atoms with Gasteiger partial charge < -0.3 is 19.7 Å². The summed E-state index contributed by atoms with van der Waals surface area (Å²) in [6, 6.07) is 6.13. The monoisotopic (exact) mass is 385 g/mol. The number of hydrogen-bond acceptors (Lipinski definition) is 5. The lowest BCUT2D eigenvalue weighted by Crippen LogP contribution is -2.49. The number of nitrogens with zero attached hydrogens (tertiary/aromatic N) is 1. The van der Waals surface area contributed by atoms with Gasteiger partial charge in [-0.25, -0.2) is 9.37 Å². The second-order valence-corrected chi connectivity index (χ2v) is 6.82. The van der Waals surface area contributed by atoms with E-state index in [1.165, 1.54) is 12.1 Å². The Hall–Kier alpha value is -2.23. The molecule has 2 N–H and O–H groups in total. The third kappa shape index (κ3) is 2.60. The minimum atomic E-state index is -5.15. The quantitative estimate of drug-likeness (QED) is 0.794. The van der Waals surface area contributed by atoms with Crippen LogP contribution in [0.1, 0.15) is 11.3 Å². The third-order valence-electron chi connectivity index (χ3n) is 5.03. The van der Waals surface area contributed by atoms with Gasteiger partial charge in [-0.1, -0.05) is 0 Å². The first kappa shape index (κ1) is 18.1. The number of fused-ring (bicyclic) bond motifs is 2. The molecule has 3 heterocycles. The maximum absolute atomic E-state index is 13.5. The lowest BCUT2D eigenvalue weighted by molar-refractivity contribution is -0.279. The molecule has 2 aliphatic heterocycles. The molecule has 2 aliphatic rings. The summed E-state index contributed by atoms with van der Waals surface area (Å²) >= 11 is 0. The van der Waals surface area contributed by atoms with E-state index >= 15 is 0 Å². The van der Waals surface area contributed by atoms with Crippen LogP contribution in [0.5, 0.6) is 5.75 Å². The number of pyridine rings is 1. The van der Waals surface area contributed by atoms with E-state index in [0.29, 0.717) is 11.1 Å². The van der Waals surface area contributed by atoms with Crippen LogP contribution in [0.4, 0.5) is 17.6 Å². The van der Waals surface area contributed by atoms with E-state index < -0.39 is 35.3 Å². The normalized spacial score (nSPS) is 19.9. The highest BCUT2D eigenvalue weighted by atomic mass is 19.4. The minimum absolute atomic E-state index is 0.0439. The molecule has 2 aromatic rings. The Morgan fingerprint density at radius 2 is 1.78 bits per heavy atom. The molecule has 27 heavy (non-hydrogen) atoms. The largest absolute Gasteiger partial charge is 0.490 e. The standard InChI is InChI=1S/C18H15F4NO4/c19-11-3-1-10(2-4-11)14-15-12(16(9-27-15)7-26-8-16)5-13(23-14)17(25,6-24)18(20,21)22/h1-5,24-25H,6-9H2/t17-/m0/s1. The van der Waals surface area contributed by atoms with Gasteiger partial charge in [0.25, 0.3) is 0 Å². The van der Waals surface area contributed by atoms with Gasteiger partial charge in [0, 0.05) is 11.1 Å². The zero-order chi connectivity index (χ0) is 19.4. The summed E-state index contributed by atoms with van der Waals surface area (Å²) in [5, 5.41) is 19.5. The Morgan fingerprint density at radius 3 is 2.30 bits per heavy atom. The number of rotatable bonds is 3. The van der Waals surface area contributed by atoms with E-state index in [9.17, 15) is 27.8 Å². The van der Waals surface area contributed by atoms with Gasteiger partial charge >= 0.3 is 6.18 Å². The fourth-order valence-electron chi connectivity index (χ4n) is 3.28. The number of benzene rings is 1. The second kappa shape index (κ2) is 5.88. The molecule has 1 aromatic carbocycles. The van der Waals surface area contributed by atoms with Crippen molar-refractivity contribution in [2.45, 2.75) is 17.2 Å². The molecule has 1 fully saturated rings. The van der Waals surface area contributed by atoms with Crippen molar-refractivity contribution in [3.05, 3.63) is 47.4 Å². The van der Waals surface area contributed by atoms with E-state index in [2.05, 4.69) is 4.98 Å². The highest BCUT2D eigenvalue weighted by Crippen LogP contribution is 2.50. The van der Waals surface area contributed by atoms with Crippen molar-refractivity contribution in [3.8, 4) is 17.0 Å². The summed E-state index contributed by atoms with van der Waals surface area (Å²) in [6.45, 7) is -0.869. The van der Waals surface area contributed by atoms with Gasteiger partial charge in [-0.2, -0.15) is 13.2 Å². The number of aliphatic hydroxyl groups excluding tert-OH is 1. The van der Waals surface area contributed by atoms with Gasteiger partial charge in [0.05, 0.1) is 30.9 Å². The summed E-state index contributed by atoms with van der Waals surface area (Å²) in [4.78, 5) is 3.96. The SMILES string of the molecule is OC[C@](O)(c1cc2c(c(-c3ccc(F)cc3)n1)OCC21COC1)C(F)(F)F. The lowest BCUT2D eigenvalue weighted by Gasteiger charge is -2.37. The maximum atomic E-state index is 13.5. The number of aromatic nitrogens is 1. The molecule has 0 saturated carbocycles. The number of aliphatic hydroxyl groups is 2. The summed E-state index contributed by atoms with van der Waals surface area (Å²) in [5.74, 6) is -0.241. The molecule has 1 aromatic heterocycles. The fourth-order valence-corrected chi connectivity index (χ4v) is 3.28. The second-order valence-electron chi connectivity index (χ2n) is 6.82. The first-order valence-electron chi connectivity index (χ1n) is 8.13. The summed E-state index contributed by atoms with van der Waals surface area (Å²) in [6.07, 6.45) is -5.15. The lowest BCUT2D eigenvalue weighted by atomic mass is 9.79. The van der Waals surface area contributed by atoms with Crippen molar-refractivity contribution in [2.24, 2.45) is 0 Å². The van der Waals surface area contributed by atoms with Crippen LogP contribution in [0.2, 0.25) is 0 Å². The molecule has 0 bridgehead atoms. The van der Waals surface area contributed by atoms with Gasteiger partial charge in [-0.15, -0.1) is 0 Å². The van der Waals surface area contributed by atoms with Crippen LogP contribution in [0.15, 0.2) is 30.3 Å². The molecule has 0 radical (unpaired) electrons. The van der Waals surface area contributed by atoms with Gasteiger partial charge in [0.2, 0.25) is 5.60 Å². The van der Waals surface area contributed by atoms with Crippen LogP contribution in [0, 0.1) is 5.82 Å². The van der Waals surface area contributed by atoms with Gasteiger partial charge in [-0.05, 0) is 30.3 Å². The molecule has 0 aliphatic carbocycles. The predicted octanol–water partition coefficient (Wildman–Crippen LogP) is 2.29. The Balaban J connectivity index is 1.95. The van der Waals surface area contributed by atoms with E-state index in [1.54, 1.807) is 0 Å². The average Bonchev–Trinajstić information content (AvgIpc) is 3.00. The highest BCUT2D eigenvalue weighted by molar-refractivity contribution is 5.71. The van der Waals surface area contributed by atoms with Crippen LogP contribution in [-0.2, 0) is 15.8 Å². The Morgan fingerprint density at radius 1 is 1.11 bits per heavy atom. The zero-order valence-corrected chi connectivity index (χ0v) is 13.9. The predicted molar refractivity (Wildman–Crippen MR) is 84.7 cm³/mol. The molecule has 1 saturated heterocycles. The van der Waals surface area contributed by atoms with Crippen molar-refractivity contribution in [1.82, 2.24) is 4.98 Å². The molecule has 9 heteroatoms. The van der Waals surface area contributed by atoms with E-state index in [0.717, 1.165) is 18.2 Å². The van der Waals surface area contributed by atoms with E-state index in [-0.39, 0.29) is 31.3 Å². The number of ether oxygens (including phenoxy) is 2. The minimum Gasteiger partial charge on any atom is -0.490 e. The smallest absolute Gasteiger partial charge is 0.425 e. The van der Waals surface area contributed by atoms with Crippen molar-refractivity contribution in [3.63, 3.8) is 0 Å². The summed E-state index contributed by atoms with van der Waals surface area (Å²) in [7, 11) is 0. The van der Waals surface area contributed by atoms with Crippen LogP contribution in [-0.4, -0.2) is 47.8 Å². The van der Waals surface area contributed by atoms with Crippen molar-refractivity contribution in [2.75, 3.05) is 26.4 Å². The molecule has 5 nitrogen and oxygen atoms in total. The molecule has 144 valence electrons. The van der Waals surface area contributed by atoms with Crippen molar-refractivity contribution < 1.29 is 37.2 Å².